The number of aliphatic hydroxyl groups is 1. The largest absolute Gasteiger partial charge is 0.396 e. The molecule has 0 aliphatic carbocycles. The van der Waals surface area contributed by atoms with Crippen molar-refractivity contribution in [2.45, 2.75) is 26.2 Å². The molecule has 2 nitrogen and oxygen atoms in total. The normalized spacial score (nSPS) is 20.6. The fraction of sp³-hybridized carbons (Fsp3) is 0.571. The van der Waals surface area contributed by atoms with Crippen molar-refractivity contribution in [1.29, 1.82) is 0 Å². The van der Waals surface area contributed by atoms with Gasteiger partial charge in [-0.2, -0.15) is 0 Å². The molecule has 0 radical (unpaired) electrons. The predicted octanol–water partition coefficient (Wildman–Crippen LogP) is 3.25. The molecule has 1 heterocycles. The molecule has 3 heteroatoms. The van der Waals surface area contributed by atoms with Crippen molar-refractivity contribution in [2.24, 2.45) is 5.92 Å². The molecule has 1 atom stereocenters. The zero-order chi connectivity index (χ0) is 12.3. The molecule has 1 unspecified atom stereocenters. The second-order valence-corrected chi connectivity index (χ2v) is 5.26. The predicted molar refractivity (Wildman–Crippen MR) is 72.8 cm³/mol. The Bertz CT molecular complexity index is 378. The van der Waals surface area contributed by atoms with Crippen LogP contribution in [-0.2, 0) is 0 Å². The van der Waals surface area contributed by atoms with E-state index in [1.54, 1.807) is 0 Å². The Morgan fingerprint density at radius 3 is 3.06 bits per heavy atom. The fourth-order valence-electron chi connectivity index (χ4n) is 2.64. The summed E-state index contributed by atoms with van der Waals surface area (Å²) < 4.78 is 0. The van der Waals surface area contributed by atoms with Crippen LogP contribution in [0.1, 0.15) is 24.8 Å². The molecule has 2 rings (SSSR count). The van der Waals surface area contributed by atoms with Crippen molar-refractivity contribution < 1.29 is 5.11 Å². The van der Waals surface area contributed by atoms with Gasteiger partial charge in [-0.25, -0.2) is 0 Å². The van der Waals surface area contributed by atoms with Crippen LogP contribution in [0.25, 0.3) is 0 Å². The number of piperidine rings is 1. The summed E-state index contributed by atoms with van der Waals surface area (Å²) in [5, 5.41) is 9.87. The van der Waals surface area contributed by atoms with Crippen molar-refractivity contribution in [3.05, 3.63) is 28.8 Å². The average molecular weight is 254 g/mol. The molecule has 0 amide bonds. The number of aliphatic hydroxyl groups excluding tert-OH is 1. The third kappa shape index (κ3) is 2.93. The number of hydrogen-bond donors (Lipinski definition) is 1. The van der Waals surface area contributed by atoms with Crippen molar-refractivity contribution in [1.82, 2.24) is 0 Å². The standard InChI is InChI=1S/C14H20ClNO/c1-11-13(15)5-2-6-14(11)16-8-3-4-12(10-16)7-9-17/h2,5-6,12,17H,3-4,7-10H2,1H3. The highest BCUT2D eigenvalue weighted by molar-refractivity contribution is 6.31. The minimum Gasteiger partial charge on any atom is -0.396 e. The van der Waals surface area contributed by atoms with Gasteiger partial charge in [0, 0.05) is 30.4 Å². The summed E-state index contributed by atoms with van der Waals surface area (Å²) in [5.74, 6) is 0.618. The summed E-state index contributed by atoms with van der Waals surface area (Å²) in [5.41, 5.74) is 2.42. The SMILES string of the molecule is Cc1c(Cl)cccc1N1CCCC(CCO)C1. The van der Waals surface area contributed by atoms with Crippen LogP contribution in [0.5, 0.6) is 0 Å². The molecule has 1 aromatic carbocycles. The van der Waals surface area contributed by atoms with Crippen LogP contribution in [0, 0.1) is 12.8 Å². The van der Waals surface area contributed by atoms with E-state index in [4.69, 9.17) is 16.7 Å². The summed E-state index contributed by atoms with van der Waals surface area (Å²) in [6.07, 6.45) is 3.35. The summed E-state index contributed by atoms with van der Waals surface area (Å²) in [6.45, 7) is 4.52. The van der Waals surface area contributed by atoms with E-state index in [0.29, 0.717) is 12.5 Å². The van der Waals surface area contributed by atoms with Crippen LogP contribution in [0.2, 0.25) is 5.02 Å². The Kier molecular flexibility index (Phi) is 4.30. The molecule has 0 aromatic heterocycles. The van der Waals surface area contributed by atoms with Crippen LogP contribution >= 0.6 is 11.6 Å². The highest BCUT2D eigenvalue weighted by Gasteiger charge is 2.21. The molecule has 1 aliphatic heterocycles. The summed E-state index contributed by atoms with van der Waals surface area (Å²) >= 11 is 6.16. The Morgan fingerprint density at radius 1 is 1.47 bits per heavy atom. The maximum Gasteiger partial charge on any atom is 0.0455 e. The average Bonchev–Trinajstić information content (AvgIpc) is 2.33. The lowest BCUT2D eigenvalue weighted by Crippen LogP contribution is -2.36. The van der Waals surface area contributed by atoms with E-state index in [9.17, 15) is 0 Å². The third-order valence-electron chi connectivity index (χ3n) is 3.64. The summed E-state index contributed by atoms with van der Waals surface area (Å²) in [6, 6.07) is 6.10. The lowest BCUT2D eigenvalue weighted by atomic mass is 9.94. The van der Waals surface area contributed by atoms with E-state index in [2.05, 4.69) is 17.9 Å². The van der Waals surface area contributed by atoms with Crippen molar-refractivity contribution in [3.8, 4) is 0 Å². The Hall–Kier alpha value is -0.730. The van der Waals surface area contributed by atoms with Gasteiger partial charge >= 0.3 is 0 Å². The maximum atomic E-state index is 9.03. The Labute approximate surface area is 108 Å². The number of halogens is 1. The van der Waals surface area contributed by atoms with Gasteiger partial charge < -0.3 is 10.0 Å². The van der Waals surface area contributed by atoms with Crippen molar-refractivity contribution in [3.63, 3.8) is 0 Å². The van der Waals surface area contributed by atoms with Gasteiger partial charge in [-0.3, -0.25) is 0 Å². The Balaban J connectivity index is 2.13. The van der Waals surface area contributed by atoms with Gasteiger partial charge in [-0.15, -0.1) is 0 Å². The van der Waals surface area contributed by atoms with Crippen LogP contribution in [0.3, 0.4) is 0 Å². The van der Waals surface area contributed by atoms with E-state index in [1.165, 1.54) is 24.1 Å². The molecule has 0 saturated carbocycles. The van der Waals surface area contributed by atoms with Gasteiger partial charge in [0.25, 0.3) is 0 Å². The number of hydrogen-bond acceptors (Lipinski definition) is 2. The lowest BCUT2D eigenvalue weighted by molar-refractivity contribution is 0.244. The first kappa shape index (κ1) is 12.7. The van der Waals surface area contributed by atoms with E-state index in [1.807, 2.05) is 12.1 Å². The first-order chi connectivity index (χ1) is 8.22. The van der Waals surface area contributed by atoms with E-state index >= 15 is 0 Å². The van der Waals surface area contributed by atoms with Crippen LogP contribution in [0.4, 0.5) is 5.69 Å². The number of rotatable bonds is 3. The molecule has 1 saturated heterocycles. The second-order valence-electron chi connectivity index (χ2n) is 4.85. The minimum atomic E-state index is 0.299. The molecule has 0 bridgehead atoms. The summed E-state index contributed by atoms with van der Waals surface area (Å²) in [4.78, 5) is 2.41. The molecule has 94 valence electrons. The number of anilines is 1. The molecule has 17 heavy (non-hydrogen) atoms. The van der Waals surface area contributed by atoms with E-state index in [-0.39, 0.29) is 0 Å². The first-order valence-corrected chi connectivity index (χ1v) is 6.71. The highest BCUT2D eigenvalue weighted by atomic mass is 35.5. The fourth-order valence-corrected chi connectivity index (χ4v) is 2.81. The first-order valence-electron chi connectivity index (χ1n) is 6.33. The zero-order valence-corrected chi connectivity index (χ0v) is 11.1. The van der Waals surface area contributed by atoms with Gasteiger partial charge in [0.05, 0.1) is 0 Å². The van der Waals surface area contributed by atoms with Crippen LogP contribution < -0.4 is 4.90 Å². The molecule has 1 aromatic rings. The monoisotopic (exact) mass is 253 g/mol. The van der Waals surface area contributed by atoms with Gasteiger partial charge in [0.2, 0.25) is 0 Å². The molecular formula is C14H20ClNO. The summed E-state index contributed by atoms with van der Waals surface area (Å²) in [7, 11) is 0. The topological polar surface area (TPSA) is 23.5 Å². The van der Waals surface area contributed by atoms with Gasteiger partial charge in [0.15, 0.2) is 0 Å². The Morgan fingerprint density at radius 2 is 2.29 bits per heavy atom. The van der Waals surface area contributed by atoms with Gasteiger partial charge in [0.1, 0.15) is 0 Å². The van der Waals surface area contributed by atoms with E-state index in [0.717, 1.165) is 24.5 Å². The third-order valence-corrected chi connectivity index (χ3v) is 4.05. The van der Waals surface area contributed by atoms with Crippen LogP contribution in [-0.4, -0.2) is 24.8 Å². The lowest BCUT2D eigenvalue weighted by Gasteiger charge is -2.35. The van der Waals surface area contributed by atoms with Crippen molar-refractivity contribution in [2.75, 3.05) is 24.6 Å². The second kappa shape index (κ2) is 5.74. The molecule has 0 spiro atoms. The highest BCUT2D eigenvalue weighted by Crippen LogP contribution is 2.30. The maximum absolute atomic E-state index is 9.03. The molecule has 1 N–H and O–H groups in total. The van der Waals surface area contributed by atoms with E-state index < -0.39 is 0 Å². The molecular weight excluding hydrogens is 234 g/mol. The van der Waals surface area contributed by atoms with Gasteiger partial charge in [-0.1, -0.05) is 17.7 Å². The van der Waals surface area contributed by atoms with Crippen LogP contribution in [0.15, 0.2) is 18.2 Å². The quantitative estimate of drug-likeness (QED) is 0.894. The smallest absolute Gasteiger partial charge is 0.0455 e. The molecule has 1 aliphatic rings. The number of nitrogens with zero attached hydrogens (tertiary/aromatic N) is 1. The zero-order valence-electron chi connectivity index (χ0n) is 10.3. The van der Waals surface area contributed by atoms with Gasteiger partial charge in [-0.05, 0) is 49.8 Å². The van der Waals surface area contributed by atoms with Crippen molar-refractivity contribution >= 4 is 17.3 Å². The molecule has 1 fully saturated rings. The minimum absolute atomic E-state index is 0.299. The number of benzene rings is 1.